The first-order valence-electron chi connectivity index (χ1n) is 7.66. The van der Waals surface area contributed by atoms with Crippen molar-refractivity contribution in [3.05, 3.63) is 48.0 Å². The molecule has 0 spiro atoms. The first kappa shape index (κ1) is 15.0. The molecule has 1 aliphatic rings. The van der Waals surface area contributed by atoms with Gasteiger partial charge in [-0.15, -0.1) is 0 Å². The summed E-state index contributed by atoms with van der Waals surface area (Å²) in [4.78, 5) is 11.5. The number of carboxylic acids is 1. The van der Waals surface area contributed by atoms with Crippen LogP contribution in [0, 0.1) is 5.92 Å². The summed E-state index contributed by atoms with van der Waals surface area (Å²) in [7, 11) is 0. The number of ether oxygens (including phenoxy) is 2. The normalized spacial score (nSPS) is 16.9. The van der Waals surface area contributed by atoms with Crippen LogP contribution in [-0.4, -0.2) is 30.6 Å². The van der Waals surface area contributed by atoms with Crippen LogP contribution in [0.25, 0.3) is 10.8 Å². The third-order valence-electron chi connectivity index (χ3n) is 4.09. The van der Waals surface area contributed by atoms with Crippen molar-refractivity contribution in [2.24, 2.45) is 5.92 Å². The second kappa shape index (κ2) is 6.90. The van der Waals surface area contributed by atoms with Crippen LogP contribution < -0.4 is 0 Å². The Bertz CT molecular complexity index is 646. The van der Waals surface area contributed by atoms with E-state index < -0.39 is 11.9 Å². The summed E-state index contributed by atoms with van der Waals surface area (Å²) in [5.41, 5.74) is 1.05. The van der Waals surface area contributed by atoms with E-state index in [0.717, 1.165) is 10.9 Å². The van der Waals surface area contributed by atoms with Gasteiger partial charge >= 0.3 is 5.97 Å². The van der Waals surface area contributed by atoms with Crippen LogP contribution in [0.5, 0.6) is 0 Å². The van der Waals surface area contributed by atoms with Gasteiger partial charge in [0.05, 0.1) is 19.1 Å². The molecule has 1 saturated heterocycles. The van der Waals surface area contributed by atoms with E-state index in [0.29, 0.717) is 32.5 Å². The fourth-order valence-corrected chi connectivity index (χ4v) is 2.87. The fourth-order valence-electron chi connectivity index (χ4n) is 2.87. The predicted molar refractivity (Wildman–Crippen MR) is 83.7 cm³/mol. The number of aliphatic carboxylic acids is 1. The zero-order chi connectivity index (χ0) is 15.4. The van der Waals surface area contributed by atoms with Gasteiger partial charge in [-0.05, 0) is 35.6 Å². The highest BCUT2D eigenvalue weighted by molar-refractivity contribution is 5.83. The molecule has 1 atom stereocenters. The molecule has 1 aliphatic heterocycles. The Hall–Kier alpha value is -1.91. The lowest BCUT2D eigenvalue weighted by Crippen LogP contribution is -2.19. The summed E-state index contributed by atoms with van der Waals surface area (Å²) in [6, 6.07) is 14.2. The molecule has 1 N–H and O–H groups in total. The molecule has 2 aromatic rings. The number of fused-ring (bicyclic) bond motifs is 1. The molecule has 0 saturated carbocycles. The molecular weight excluding hydrogens is 280 g/mol. The Balaban J connectivity index is 1.67. The van der Waals surface area contributed by atoms with Crippen molar-refractivity contribution in [1.29, 1.82) is 0 Å². The van der Waals surface area contributed by atoms with Crippen molar-refractivity contribution in [1.82, 2.24) is 0 Å². The largest absolute Gasteiger partial charge is 0.481 e. The summed E-state index contributed by atoms with van der Waals surface area (Å²) in [6.07, 6.45) is 1.49. The van der Waals surface area contributed by atoms with E-state index in [1.165, 1.54) is 5.39 Å². The number of benzene rings is 2. The molecule has 1 unspecified atom stereocenters. The molecule has 0 aliphatic carbocycles. The molecule has 0 amide bonds. The molecular formula is C18H20O4. The SMILES string of the molecule is O=C(O)C(CCC1OCCO1)Cc1ccc2ccccc2c1. The fraction of sp³-hybridized carbons (Fsp3) is 0.389. The summed E-state index contributed by atoms with van der Waals surface area (Å²) in [5, 5.41) is 11.8. The third kappa shape index (κ3) is 3.64. The van der Waals surface area contributed by atoms with Gasteiger partial charge in [-0.2, -0.15) is 0 Å². The number of carboxylic acid groups (broad SMARTS) is 1. The molecule has 4 nitrogen and oxygen atoms in total. The van der Waals surface area contributed by atoms with E-state index in [2.05, 4.69) is 18.2 Å². The van der Waals surface area contributed by atoms with Crippen LogP contribution in [-0.2, 0) is 20.7 Å². The number of carbonyl (C=O) groups is 1. The van der Waals surface area contributed by atoms with Crippen molar-refractivity contribution in [3.63, 3.8) is 0 Å². The lowest BCUT2D eigenvalue weighted by Gasteiger charge is -2.15. The van der Waals surface area contributed by atoms with Crippen molar-refractivity contribution >= 4 is 16.7 Å². The first-order valence-corrected chi connectivity index (χ1v) is 7.66. The quantitative estimate of drug-likeness (QED) is 0.890. The summed E-state index contributed by atoms with van der Waals surface area (Å²) < 4.78 is 10.8. The Morgan fingerprint density at radius 3 is 2.59 bits per heavy atom. The van der Waals surface area contributed by atoms with E-state index in [-0.39, 0.29) is 6.29 Å². The van der Waals surface area contributed by atoms with Crippen LogP contribution >= 0.6 is 0 Å². The molecule has 4 heteroatoms. The molecule has 0 radical (unpaired) electrons. The maximum atomic E-state index is 11.5. The minimum atomic E-state index is -0.758. The minimum Gasteiger partial charge on any atom is -0.481 e. The zero-order valence-electron chi connectivity index (χ0n) is 12.4. The van der Waals surface area contributed by atoms with E-state index in [1.54, 1.807) is 0 Å². The Kier molecular flexibility index (Phi) is 4.71. The highest BCUT2D eigenvalue weighted by atomic mass is 16.7. The summed E-state index contributed by atoms with van der Waals surface area (Å²) in [6.45, 7) is 1.21. The number of rotatable bonds is 6. The van der Waals surface area contributed by atoms with E-state index in [4.69, 9.17) is 9.47 Å². The van der Waals surface area contributed by atoms with E-state index in [9.17, 15) is 9.90 Å². The maximum Gasteiger partial charge on any atom is 0.306 e. The van der Waals surface area contributed by atoms with Crippen molar-refractivity contribution < 1.29 is 19.4 Å². The van der Waals surface area contributed by atoms with Crippen LogP contribution in [0.3, 0.4) is 0 Å². The van der Waals surface area contributed by atoms with Gasteiger partial charge in [0.2, 0.25) is 0 Å². The summed E-state index contributed by atoms with van der Waals surface area (Å²) >= 11 is 0. The Morgan fingerprint density at radius 2 is 1.86 bits per heavy atom. The standard InChI is InChI=1S/C18H20O4/c19-18(20)16(7-8-17-21-9-10-22-17)12-13-5-6-14-3-1-2-4-15(14)11-13/h1-6,11,16-17H,7-10,12H2,(H,19,20). The van der Waals surface area contributed by atoms with Gasteiger partial charge in [-0.3, -0.25) is 4.79 Å². The average Bonchev–Trinajstić information content (AvgIpc) is 3.04. The van der Waals surface area contributed by atoms with Crippen LogP contribution in [0.4, 0.5) is 0 Å². The van der Waals surface area contributed by atoms with Gasteiger partial charge in [0, 0.05) is 0 Å². The average molecular weight is 300 g/mol. The molecule has 1 heterocycles. The highest BCUT2D eigenvalue weighted by Crippen LogP contribution is 2.22. The molecule has 22 heavy (non-hydrogen) atoms. The van der Waals surface area contributed by atoms with E-state index in [1.807, 2.05) is 24.3 Å². The minimum absolute atomic E-state index is 0.238. The monoisotopic (exact) mass is 300 g/mol. The lowest BCUT2D eigenvalue weighted by atomic mass is 9.93. The number of hydrogen-bond acceptors (Lipinski definition) is 3. The molecule has 3 rings (SSSR count). The molecule has 0 aromatic heterocycles. The van der Waals surface area contributed by atoms with Crippen LogP contribution in [0.2, 0.25) is 0 Å². The van der Waals surface area contributed by atoms with Crippen LogP contribution in [0.15, 0.2) is 42.5 Å². The third-order valence-corrected chi connectivity index (χ3v) is 4.09. The maximum absolute atomic E-state index is 11.5. The number of hydrogen-bond donors (Lipinski definition) is 1. The Morgan fingerprint density at radius 1 is 1.14 bits per heavy atom. The second-order valence-electron chi connectivity index (χ2n) is 5.67. The summed E-state index contributed by atoms with van der Waals surface area (Å²) in [5.74, 6) is -1.17. The van der Waals surface area contributed by atoms with Gasteiger partial charge in [-0.25, -0.2) is 0 Å². The van der Waals surface area contributed by atoms with Crippen LogP contribution in [0.1, 0.15) is 18.4 Å². The van der Waals surface area contributed by atoms with Gasteiger partial charge in [-0.1, -0.05) is 42.5 Å². The molecule has 0 bridgehead atoms. The Labute approximate surface area is 129 Å². The molecule has 2 aromatic carbocycles. The van der Waals surface area contributed by atoms with E-state index >= 15 is 0 Å². The van der Waals surface area contributed by atoms with Gasteiger partial charge in [0.15, 0.2) is 6.29 Å². The van der Waals surface area contributed by atoms with Gasteiger partial charge in [0.25, 0.3) is 0 Å². The van der Waals surface area contributed by atoms with Gasteiger partial charge in [0.1, 0.15) is 0 Å². The smallest absolute Gasteiger partial charge is 0.306 e. The van der Waals surface area contributed by atoms with Crippen molar-refractivity contribution in [2.45, 2.75) is 25.6 Å². The van der Waals surface area contributed by atoms with Crippen molar-refractivity contribution in [2.75, 3.05) is 13.2 Å². The second-order valence-corrected chi connectivity index (χ2v) is 5.67. The molecule has 1 fully saturated rings. The lowest BCUT2D eigenvalue weighted by molar-refractivity contribution is -0.142. The highest BCUT2D eigenvalue weighted by Gasteiger charge is 2.22. The topological polar surface area (TPSA) is 55.8 Å². The van der Waals surface area contributed by atoms with Crippen molar-refractivity contribution in [3.8, 4) is 0 Å². The predicted octanol–water partition coefficient (Wildman–Crippen LogP) is 3.24. The van der Waals surface area contributed by atoms with Gasteiger partial charge < -0.3 is 14.6 Å². The zero-order valence-corrected chi connectivity index (χ0v) is 12.4. The first-order chi connectivity index (χ1) is 10.7. The molecule has 116 valence electrons.